The number of aromatic nitrogens is 5. The van der Waals surface area contributed by atoms with Gasteiger partial charge in [0, 0.05) is 37.4 Å². The van der Waals surface area contributed by atoms with Crippen LogP contribution in [0, 0.1) is 0 Å². The summed E-state index contributed by atoms with van der Waals surface area (Å²) in [6.45, 7) is 4.66. The summed E-state index contributed by atoms with van der Waals surface area (Å²) in [5.41, 5.74) is 8.27. The summed E-state index contributed by atoms with van der Waals surface area (Å²) in [5, 5.41) is 13.2. The second-order valence-electron chi connectivity index (χ2n) is 7.44. The van der Waals surface area contributed by atoms with Crippen LogP contribution in [0.5, 0.6) is 0 Å². The Morgan fingerprint density at radius 1 is 1.19 bits per heavy atom. The molecular weight excluding hydrogens is 338 g/mol. The third kappa shape index (κ3) is 3.79. The van der Waals surface area contributed by atoms with Crippen molar-refractivity contribution in [3.63, 3.8) is 0 Å². The van der Waals surface area contributed by atoms with Crippen molar-refractivity contribution >= 4 is 0 Å². The maximum absolute atomic E-state index is 5.95. The van der Waals surface area contributed by atoms with Gasteiger partial charge in [-0.1, -0.05) is 12.1 Å². The van der Waals surface area contributed by atoms with Crippen molar-refractivity contribution in [1.82, 2.24) is 29.4 Å². The fourth-order valence-electron chi connectivity index (χ4n) is 3.81. The molecule has 0 unspecified atom stereocenters. The van der Waals surface area contributed by atoms with E-state index in [1.54, 1.807) is 6.20 Å². The number of benzene rings is 1. The van der Waals surface area contributed by atoms with Crippen LogP contribution in [-0.4, -0.2) is 42.5 Å². The molecule has 7 nitrogen and oxygen atoms in total. The lowest BCUT2D eigenvalue weighted by Crippen LogP contribution is -2.36. The van der Waals surface area contributed by atoms with Crippen LogP contribution < -0.4 is 5.73 Å². The van der Waals surface area contributed by atoms with Crippen molar-refractivity contribution in [2.45, 2.75) is 51.4 Å². The monoisotopic (exact) mass is 365 g/mol. The highest BCUT2D eigenvalue weighted by Crippen LogP contribution is 2.34. The lowest BCUT2D eigenvalue weighted by atomic mass is 9.80. The zero-order chi connectivity index (χ0) is 18.8. The maximum Gasteiger partial charge on any atom is 0.147 e. The van der Waals surface area contributed by atoms with E-state index < -0.39 is 0 Å². The van der Waals surface area contributed by atoms with E-state index in [4.69, 9.17) is 5.73 Å². The van der Waals surface area contributed by atoms with Crippen LogP contribution in [0.25, 0.3) is 5.69 Å². The molecule has 0 aliphatic heterocycles. The van der Waals surface area contributed by atoms with Gasteiger partial charge in [0.25, 0.3) is 0 Å². The highest BCUT2D eigenvalue weighted by Gasteiger charge is 2.32. The average molecular weight is 365 g/mol. The Kier molecular flexibility index (Phi) is 5.05. The molecule has 0 bridgehead atoms. The Morgan fingerprint density at radius 3 is 2.74 bits per heavy atom. The van der Waals surface area contributed by atoms with E-state index in [9.17, 15) is 0 Å². The molecule has 2 heterocycles. The minimum absolute atomic E-state index is 0.324. The summed E-state index contributed by atoms with van der Waals surface area (Å²) in [4.78, 5) is 2.27. The standard InChI is InChI=1S/C20H27N7/c1-3-26-19(23-24-20(26)16-11-17(21)12-16)14-25(2)13-15-6-4-7-18(10-15)27-9-5-8-22-27/h4-10,16-17H,3,11-14,21H2,1-2H3. The van der Waals surface area contributed by atoms with E-state index in [0.29, 0.717) is 12.0 Å². The Labute approximate surface area is 159 Å². The average Bonchev–Trinajstić information content (AvgIpc) is 3.29. The maximum atomic E-state index is 5.95. The van der Waals surface area contributed by atoms with E-state index in [2.05, 4.69) is 63.0 Å². The first kappa shape index (κ1) is 17.9. The van der Waals surface area contributed by atoms with Crippen LogP contribution in [0.1, 0.15) is 42.9 Å². The molecular formula is C20H27N7. The van der Waals surface area contributed by atoms with Gasteiger partial charge in [-0.05, 0) is 50.6 Å². The van der Waals surface area contributed by atoms with Crippen molar-refractivity contribution in [2.75, 3.05) is 7.05 Å². The van der Waals surface area contributed by atoms with Gasteiger partial charge in [-0.3, -0.25) is 4.90 Å². The highest BCUT2D eigenvalue weighted by atomic mass is 15.3. The zero-order valence-electron chi connectivity index (χ0n) is 16.0. The van der Waals surface area contributed by atoms with Crippen molar-refractivity contribution in [1.29, 1.82) is 0 Å². The minimum Gasteiger partial charge on any atom is -0.328 e. The van der Waals surface area contributed by atoms with Crippen LogP contribution in [0.15, 0.2) is 42.7 Å². The van der Waals surface area contributed by atoms with Gasteiger partial charge in [0.1, 0.15) is 11.6 Å². The van der Waals surface area contributed by atoms with Gasteiger partial charge in [-0.15, -0.1) is 10.2 Å². The van der Waals surface area contributed by atoms with Crippen LogP contribution in [0.3, 0.4) is 0 Å². The molecule has 142 valence electrons. The first-order valence-electron chi connectivity index (χ1n) is 9.59. The number of nitrogens with zero attached hydrogens (tertiary/aromatic N) is 6. The van der Waals surface area contributed by atoms with Gasteiger partial charge >= 0.3 is 0 Å². The third-order valence-electron chi connectivity index (χ3n) is 5.26. The van der Waals surface area contributed by atoms with E-state index >= 15 is 0 Å². The molecule has 1 aromatic carbocycles. The molecule has 0 amide bonds. The molecule has 1 saturated carbocycles. The SMILES string of the molecule is CCn1c(CN(C)Cc2cccc(-n3cccn3)c2)nnc1C1CC(N)C1. The Bertz CT molecular complexity index is 878. The van der Waals surface area contributed by atoms with Crippen LogP contribution in [0.4, 0.5) is 0 Å². The summed E-state index contributed by atoms with van der Waals surface area (Å²) in [6.07, 6.45) is 5.80. The molecule has 1 aliphatic rings. The summed E-state index contributed by atoms with van der Waals surface area (Å²) in [6, 6.07) is 10.7. The van der Waals surface area contributed by atoms with Crippen molar-refractivity contribution < 1.29 is 0 Å². The highest BCUT2D eigenvalue weighted by molar-refractivity contribution is 5.35. The molecule has 3 aromatic rings. The second-order valence-corrected chi connectivity index (χ2v) is 7.44. The number of rotatable bonds is 7. The lowest BCUT2D eigenvalue weighted by molar-refractivity contribution is 0.299. The molecule has 0 spiro atoms. The van der Waals surface area contributed by atoms with Crippen LogP contribution >= 0.6 is 0 Å². The molecule has 1 fully saturated rings. The predicted octanol–water partition coefficient (Wildman–Crippen LogP) is 2.32. The smallest absolute Gasteiger partial charge is 0.147 e. The van der Waals surface area contributed by atoms with Gasteiger partial charge in [0.15, 0.2) is 0 Å². The minimum atomic E-state index is 0.324. The number of hydrogen-bond acceptors (Lipinski definition) is 5. The fourth-order valence-corrected chi connectivity index (χ4v) is 3.81. The molecule has 27 heavy (non-hydrogen) atoms. The summed E-state index contributed by atoms with van der Waals surface area (Å²) >= 11 is 0. The van der Waals surface area contributed by atoms with Crippen molar-refractivity contribution in [2.24, 2.45) is 5.73 Å². The van der Waals surface area contributed by atoms with Gasteiger partial charge < -0.3 is 10.3 Å². The van der Waals surface area contributed by atoms with E-state index in [-0.39, 0.29) is 0 Å². The molecule has 1 aliphatic carbocycles. The predicted molar refractivity (Wildman–Crippen MR) is 104 cm³/mol. The van der Waals surface area contributed by atoms with Crippen LogP contribution in [0.2, 0.25) is 0 Å². The second kappa shape index (κ2) is 7.62. The summed E-state index contributed by atoms with van der Waals surface area (Å²) in [5.74, 6) is 2.60. The number of nitrogens with two attached hydrogens (primary N) is 1. The number of hydrogen-bond donors (Lipinski definition) is 1. The lowest BCUT2D eigenvalue weighted by Gasteiger charge is -2.31. The Hall–Kier alpha value is -2.51. The van der Waals surface area contributed by atoms with Crippen LogP contribution in [-0.2, 0) is 19.6 Å². The third-order valence-corrected chi connectivity index (χ3v) is 5.26. The van der Waals surface area contributed by atoms with E-state index in [1.165, 1.54) is 5.56 Å². The Balaban J connectivity index is 1.44. The van der Waals surface area contributed by atoms with E-state index in [1.807, 2.05) is 16.9 Å². The summed E-state index contributed by atoms with van der Waals surface area (Å²) < 4.78 is 4.14. The molecule has 7 heteroatoms. The summed E-state index contributed by atoms with van der Waals surface area (Å²) in [7, 11) is 2.12. The van der Waals surface area contributed by atoms with E-state index in [0.717, 1.165) is 49.8 Å². The largest absolute Gasteiger partial charge is 0.328 e. The normalized spacial score (nSPS) is 19.4. The van der Waals surface area contributed by atoms with Gasteiger partial charge in [0.2, 0.25) is 0 Å². The van der Waals surface area contributed by atoms with Gasteiger partial charge in [-0.2, -0.15) is 5.10 Å². The van der Waals surface area contributed by atoms with Crippen molar-refractivity contribution in [3.8, 4) is 5.69 Å². The zero-order valence-corrected chi connectivity index (χ0v) is 16.0. The quantitative estimate of drug-likeness (QED) is 0.695. The van der Waals surface area contributed by atoms with Gasteiger partial charge in [0.05, 0.1) is 12.2 Å². The fraction of sp³-hybridized carbons (Fsp3) is 0.450. The molecule has 4 rings (SSSR count). The van der Waals surface area contributed by atoms with Gasteiger partial charge in [-0.25, -0.2) is 4.68 Å². The van der Waals surface area contributed by atoms with Crippen molar-refractivity contribution in [3.05, 3.63) is 59.9 Å². The molecule has 0 saturated heterocycles. The molecule has 0 radical (unpaired) electrons. The first-order chi connectivity index (χ1) is 13.1. The molecule has 2 N–H and O–H groups in total. The topological polar surface area (TPSA) is 77.8 Å². The first-order valence-corrected chi connectivity index (χ1v) is 9.59. The Morgan fingerprint density at radius 2 is 2.04 bits per heavy atom. The molecule has 0 atom stereocenters. The molecule has 2 aromatic heterocycles.